The first-order valence-electron chi connectivity index (χ1n) is 10.2. The minimum absolute atomic E-state index is 0.226. The summed E-state index contributed by atoms with van der Waals surface area (Å²) in [6.07, 6.45) is 1.01. The number of methoxy groups -OCH3 is 1. The van der Waals surface area contributed by atoms with Crippen molar-refractivity contribution < 1.29 is 13.9 Å². The molecule has 0 atom stereocenters. The van der Waals surface area contributed by atoms with E-state index in [0.29, 0.717) is 0 Å². The predicted molar refractivity (Wildman–Crippen MR) is 118 cm³/mol. The zero-order valence-electron chi connectivity index (χ0n) is 17.1. The van der Waals surface area contributed by atoms with E-state index in [2.05, 4.69) is 14.8 Å². The molecule has 0 spiro atoms. The van der Waals surface area contributed by atoms with Crippen molar-refractivity contribution in [2.75, 3.05) is 40.0 Å². The molecule has 4 rings (SSSR count). The minimum Gasteiger partial charge on any atom is -0.497 e. The second-order valence-electron chi connectivity index (χ2n) is 7.18. The highest BCUT2D eigenvalue weighted by Gasteiger charge is 2.12. The summed E-state index contributed by atoms with van der Waals surface area (Å²) in [6.45, 7) is 5.47. The summed E-state index contributed by atoms with van der Waals surface area (Å²) >= 11 is 1.60. The fourth-order valence-electron chi connectivity index (χ4n) is 3.53. The second-order valence-corrected chi connectivity index (χ2v) is 8.02. The number of hydrogen-bond acceptors (Lipinski definition) is 5. The lowest BCUT2D eigenvalue weighted by Gasteiger charge is -2.26. The van der Waals surface area contributed by atoms with E-state index in [4.69, 9.17) is 14.5 Å². The normalized spacial score (nSPS) is 15.5. The van der Waals surface area contributed by atoms with Gasteiger partial charge in [0.2, 0.25) is 0 Å². The Bertz CT molecular complexity index is 1010. The van der Waals surface area contributed by atoms with Gasteiger partial charge in [-0.15, -0.1) is 11.3 Å². The van der Waals surface area contributed by atoms with Crippen LogP contribution < -0.4 is 9.54 Å². The van der Waals surface area contributed by atoms with Crippen molar-refractivity contribution in [3.8, 4) is 17.0 Å². The van der Waals surface area contributed by atoms with E-state index in [1.165, 1.54) is 12.1 Å². The maximum Gasteiger partial charge on any atom is 0.190 e. The fraction of sp³-hybridized carbons (Fsp3) is 0.348. The number of rotatable bonds is 7. The standard InChI is InChI=1S/C23H26FN3O2S/c1-28-21-9-7-20(8-10-21)25-23-27(12-2-11-26-13-15-29-16-14-26)22(17-30-23)18-3-5-19(24)6-4-18/h3-10,17H,2,11-16H2,1H3. The first kappa shape index (κ1) is 20.8. The van der Waals surface area contributed by atoms with E-state index >= 15 is 0 Å². The molecule has 3 aromatic rings. The van der Waals surface area contributed by atoms with Crippen LogP contribution in [0.2, 0.25) is 0 Å². The van der Waals surface area contributed by atoms with Crippen LogP contribution in [0, 0.1) is 5.82 Å². The Labute approximate surface area is 180 Å². The number of nitrogens with zero attached hydrogens (tertiary/aromatic N) is 3. The van der Waals surface area contributed by atoms with Crippen molar-refractivity contribution in [1.82, 2.24) is 9.47 Å². The molecule has 0 unspecified atom stereocenters. The highest BCUT2D eigenvalue weighted by atomic mass is 32.1. The monoisotopic (exact) mass is 427 g/mol. The number of thiazole rings is 1. The molecule has 0 amide bonds. The van der Waals surface area contributed by atoms with Gasteiger partial charge < -0.3 is 14.0 Å². The summed E-state index contributed by atoms with van der Waals surface area (Å²) in [5.41, 5.74) is 2.94. The molecule has 2 aromatic carbocycles. The summed E-state index contributed by atoms with van der Waals surface area (Å²) in [4.78, 5) is 8.23. The topological polar surface area (TPSA) is 39.0 Å². The number of morpholine rings is 1. The molecule has 30 heavy (non-hydrogen) atoms. The molecule has 1 aliphatic rings. The molecule has 0 radical (unpaired) electrons. The SMILES string of the molecule is COc1ccc(N=c2scc(-c3ccc(F)cc3)n2CCCN2CCOCC2)cc1. The van der Waals surface area contributed by atoms with E-state index in [0.717, 1.165) is 73.3 Å². The average molecular weight is 428 g/mol. The van der Waals surface area contributed by atoms with Crippen molar-refractivity contribution in [3.05, 3.63) is 64.5 Å². The third-order valence-corrected chi connectivity index (χ3v) is 6.06. The van der Waals surface area contributed by atoms with E-state index in [1.54, 1.807) is 18.4 Å². The van der Waals surface area contributed by atoms with Crippen LogP contribution in [-0.4, -0.2) is 49.4 Å². The van der Waals surface area contributed by atoms with Gasteiger partial charge in [0.15, 0.2) is 4.80 Å². The van der Waals surface area contributed by atoms with Crippen molar-refractivity contribution >= 4 is 17.0 Å². The van der Waals surface area contributed by atoms with Gasteiger partial charge in [-0.05, 0) is 60.5 Å². The summed E-state index contributed by atoms with van der Waals surface area (Å²) in [7, 11) is 1.66. The molecule has 0 bridgehead atoms. The summed E-state index contributed by atoms with van der Waals surface area (Å²) in [5.74, 6) is 0.585. The lowest BCUT2D eigenvalue weighted by Crippen LogP contribution is -2.37. The molecule has 1 saturated heterocycles. The minimum atomic E-state index is -0.226. The summed E-state index contributed by atoms with van der Waals surface area (Å²) in [5, 5.41) is 2.10. The van der Waals surface area contributed by atoms with Gasteiger partial charge in [0.05, 0.1) is 31.7 Å². The molecular formula is C23H26FN3O2S. The molecule has 0 aliphatic carbocycles. The van der Waals surface area contributed by atoms with Gasteiger partial charge in [-0.25, -0.2) is 9.38 Å². The third kappa shape index (κ3) is 5.16. The summed E-state index contributed by atoms with van der Waals surface area (Å²) < 4.78 is 26.3. The second kappa shape index (κ2) is 10.0. The van der Waals surface area contributed by atoms with Crippen LogP contribution in [0.1, 0.15) is 6.42 Å². The van der Waals surface area contributed by atoms with Crippen LogP contribution in [0.5, 0.6) is 5.75 Å². The number of benzene rings is 2. The molecule has 1 aliphatic heterocycles. The zero-order valence-corrected chi connectivity index (χ0v) is 17.9. The van der Waals surface area contributed by atoms with Crippen molar-refractivity contribution in [3.63, 3.8) is 0 Å². The number of ether oxygens (including phenoxy) is 2. The van der Waals surface area contributed by atoms with Crippen LogP contribution >= 0.6 is 11.3 Å². The Balaban J connectivity index is 1.61. The smallest absolute Gasteiger partial charge is 0.190 e. The highest BCUT2D eigenvalue weighted by Crippen LogP contribution is 2.22. The maximum atomic E-state index is 13.4. The molecule has 2 heterocycles. The van der Waals surface area contributed by atoms with Gasteiger partial charge in [0.25, 0.3) is 0 Å². The van der Waals surface area contributed by atoms with Gasteiger partial charge in [-0.3, -0.25) is 4.90 Å². The van der Waals surface area contributed by atoms with E-state index in [1.807, 2.05) is 36.4 Å². The van der Waals surface area contributed by atoms with E-state index < -0.39 is 0 Å². The Morgan fingerprint density at radius 2 is 1.77 bits per heavy atom. The molecule has 5 nitrogen and oxygen atoms in total. The van der Waals surface area contributed by atoms with Crippen molar-refractivity contribution in [2.45, 2.75) is 13.0 Å². The average Bonchev–Trinajstić information content (AvgIpc) is 3.18. The number of halogens is 1. The quantitative estimate of drug-likeness (QED) is 0.564. The lowest BCUT2D eigenvalue weighted by molar-refractivity contribution is 0.0369. The van der Waals surface area contributed by atoms with E-state index in [-0.39, 0.29) is 5.82 Å². The zero-order chi connectivity index (χ0) is 20.8. The Morgan fingerprint density at radius 1 is 1.03 bits per heavy atom. The largest absolute Gasteiger partial charge is 0.497 e. The van der Waals surface area contributed by atoms with Crippen LogP contribution in [0.3, 0.4) is 0 Å². The van der Waals surface area contributed by atoms with Gasteiger partial charge >= 0.3 is 0 Å². The Hall–Kier alpha value is -2.48. The number of hydrogen-bond donors (Lipinski definition) is 0. The first-order valence-corrected chi connectivity index (χ1v) is 11.0. The molecule has 0 saturated carbocycles. The molecule has 1 fully saturated rings. The van der Waals surface area contributed by atoms with Crippen LogP contribution in [0.4, 0.5) is 10.1 Å². The summed E-state index contributed by atoms with van der Waals surface area (Å²) in [6, 6.07) is 14.4. The third-order valence-electron chi connectivity index (χ3n) is 5.19. The van der Waals surface area contributed by atoms with Gasteiger partial charge in [0, 0.05) is 31.6 Å². The van der Waals surface area contributed by atoms with Crippen molar-refractivity contribution in [2.24, 2.45) is 4.99 Å². The Kier molecular flexibility index (Phi) is 6.94. The first-order chi connectivity index (χ1) is 14.7. The van der Waals surface area contributed by atoms with Gasteiger partial charge in [-0.2, -0.15) is 0 Å². The highest BCUT2D eigenvalue weighted by molar-refractivity contribution is 7.07. The van der Waals surface area contributed by atoms with Crippen LogP contribution in [0.25, 0.3) is 11.3 Å². The molecular weight excluding hydrogens is 401 g/mol. The van der Waals surface area contributed by atoms with Gasteiger partial charge in [0.1, 0.15) is 11.6 Å². The number of aromatic nitrogens is 1. The lowest BCUT2D eigenvalue weighted by atomic mass is 10.1. The van der Waals surface area contributed by atoms with E-state index in [9.17, 15) is 4.39 Å². The van der Waals surface area contributed by atoms with Crippen LogP contribution in [-0.2, 0) is 11.3 Å². The molecule has 1 aromatic heterocycles. The molecule has 158 valence electrons. The fourth-order valence-corrected chi connectivity index (χ4v) is 4.49. The molecule has 0 N–H and O–H groups in total. The van der Waals surface area contributed by atoms with Crippen LogP contribution in [0.15, 0.2) is 58.9 Å². The van der Waals surface area contributed by atoms with Gasteiger partial charge in [-0.1, -0.05) is 0 Å². The predicted octanol–water partition coefficient (Wildman–Crippen LogP) is 4.32. The maximum absolute atomic E-state index is 13.4. The Morgan fingerprint density at radius 3 is 2.47 bits per heavy atom. The molecule has 7 heteroatoms. The van der Waals surface area contributed by atoms with Crippen molar-refractivity contribution in [1.29, 1.82) is 0 Å².